The van der Waals surface area contributed by atoms with Crippen LogP contribution in [0.4, 0.5) is 15.0 Å². The highest BCUT2D eigenvalue weighted by molar-refractivity contribution is 6.04. The van der Waals surface area contributed by atoms with E-state index in [1.54, 1.807) is 28.0 Å². The summed E-state index contributed by atoms with van der Waals surface area (Å²) in [6.07, 6.45) is 2.35. The lowest BCUT2D eigenvalue weighted by atomic mass is 9.96. The molecule has 2 aromatic heterocycles. The molecule has 3 aromatic rings. The van der Waals surface area contributed by atoms with E-state index in [0.717, 1.165) is 29.8 Å². The van der Waals surface area contributed by atoms with E-state index in [1.807, 2.05) is 6.07 Å². The summed E-state index contributed by atoms with van der Waals surface area (Å²) in [7, 11) is 0. The van der Waals surface area contributed by atoms with E-state index in [-0.39, 0.29) is 17.1 Å². The molecule has 0 aliphatic carbocycles. The van der Waals surface area contributed by atoms with Gasteiger partial charge in [-0.3, -0.25) is 4.79 Å². The topological polar surface area (TPSA) is 105 Å². The van der Waals surface area contributed by atoms with E-state index in [0.29, 0.717) is 63.1 Å². The number of amides is 3. The van der Waals surface area contributed by atoms with Gasteiger partial charge in [-0.15, -0.1) is 10.2 Å². The first-order valence-electron chi connectivity index (χ1n) is 13.0. The van der Waals surface area contributed by atoms with Crippen molar-refractivity contribution in [3.63, 3.8) is 0 Å². The Hall–Kier alpha value is -3.86. The van der Waals surface area contributed by atoms with E-state index in [1.165, 1.54) is 6.07 Å². The van der Waals surface area contributed by atoms with Gasteiger partial charge in [0.15, 0.2) is 5.82 Å². The van der Waals surface area contributed by atoms with Gasteiger partial charge in [-0.25, -0.2) is 14.2 Å². The van der Waals surface area contributed by atoms with Crippen LogP contribution in [0.2, 0.25) is 0 Å². The highest BCUT2D eigenvalue weighted by Crippen LogP contribution is 2.35. The molecule has 6 rings (SSSR count). The Morgan fingerprint density at radius 1 is 1.03 bits per heavy atom. The first-order valence-corrected chi connectivity index (χ1v) is 13.0. The fraction of sp³-hybridized carbons (Fsp3) is 0.444. The third kappa shape index (κ3) is 4.40. The van der Waals surface area contributed by atoms with Gasteiger partial charge in [-0.05, 0) is 62.1 Å². The van der Waals surface area contributed by atoms with Crippen molar-refractivity contribution in [3.05, 3.63) is 58.7 Å². The van der Waals surface area contributed by atoms with Gasteiger partial charge >= 0.3 is 6.03 Å². The van der Waals surface area contributed by atoms with Crippen LogP contribution in [0.1, 0.15) is 47.6 Å². The second kappa shape index (κ2) is 9.46. The second-order valence-electron chi connectivity index (χ2n) is 10.6. The zero-order chi connectivity index (χ0) is 26.4. The van der Waals surface area contributed by atoms with Crippen molar-refractivity contribution < 1.29 is 18.7 Å². The van der Waals surface area contributed by atoms with Crippen LogP contribution >= 0.6 is 0 Å². The van der Waals surface area contributed by atoms with Crippen LogP contribution in [0.25, 0.3) is 11.5 Å². The van der Waals surface area contributed by atoms with Crippen LogP contribution < -0.4 is 5.32 Å². The van der Waals surface area contributed by atoms with Crippen LogP contribution in [-0.4, -0.2) is 74.3 Å². The Labute approximate surface area is 219 Å². The Bertz CT molecular complexity index is 1410. The number of nitrogens with one attached hydrogen (secondary N) is 1. The minimum absolute atomic E-state index is 0.0570. The van der Waals surface area contributed by atoms with Crippen molar-refractivity contribution >= 4 is 17.8 Å². The maximum absolute atomic E-state index is 15.0. The summed E-state index contributed by atoms with van der Waals surface area (Å²) in [6.45, 7) is 7.27. The number of hydrogen-bond donors (Lipinski definition) is 1. The molecule has 5 heterocycles. The molecule has 11 heteroatoms. The van der Waals surface area contributed by atoms with Gasteiger partial charge in [0.05, 0.1) is 18.8 Å². The summed E-state index contributed by atoms with van der Waals surface area (Å²) >= 11 is 0. The number of benzene rings is 1. The van der Waals surface area contributed by atoms with Crippen LogP contribution in [0.5, 0.6) is 0 Å². The molecule has 3 amide bonds. The van der Waals surface area contributed by atoms with Gasteiger partial charge in [-0.2, -0.15) is 0 Å². The number of pyridine rings is 1. The fourth-order valence-electron chi connectivity index (χ4n) is 5.49. The van der Waals surface area contributed by atoms with Gasteiger partial charge in [0.25, 0.3) is 5.91 Å². The van der Waals surface area contributed by atoms with E-state index >= 15 is 4.39 Å². The molecule has 38 heavy (non-hydrogen) atoms. The highest BCUT2D eigenvalue weighted by atomic mass is 19.1. The number of aromatic nitrogens is 4. The molecule has 0 radical (unpaired) electrons. The number of ether oxygens (including phenoxy) is 1. The summed E-state index contributed by atoms with van der Waals surface area (Å²) in [6, 6.07) is 8.16. The van der Waals surface area contributed by atoms with Gasteiger partial charge < -0.3 is 24.4 Å². The number of urea groups is 1. The number of hydrogen-bond acceptors (Lipinski definition) is 6. The Balaban J connectivity index is 1.21. The number of aryl methyl sites for hydroxylation is 1. The quantitative estimate of drug-likeness (QED) is 0.570. The maximum Gasteiger partial charge on any atom is 0.320 e. The number of morpholine rings is 1. The first-order chi connectivity index (χ1) is 18.3. The molecular formula is C27H30FN7O3. The molecule has 10 nitrogen and oxygen atoms in total. The SMILES string of the molecule is CC1(C)CCc2nnc(-c3cccc(NC(=O)c4cc5c(cc4F)CCN(C(=O)N4CCOCC4)C5)n3)n21. The smallest absolute Gasteiger partial charge is 0.320 e. The van der Waals surface area contributed by atoms with Crippen LogP contribution in [0.15, 0.2) is 30.3 Å². The molecule has 0 unspecified atom stereocenters. The number of carbonyl (C=O) groups excluding carboxylic acids is 2. The Morgan fingerprint density at radius 3 is 2.66 bits per heavy atom. The second-order valence-corrected chi connectivity index (χ2v) is 10.6. The normalized spacial score (nSPS) is 18.2. The molecule has 1 N–H and O–H groups in total. The summed E-state index contributed by atoms with van der Waals surface area (Å²) in [5, 5.41) is 11.4. The lowest BCUT2D eigenvalue weighted by Crippen LogP contribution is -2.49. The summed E-state index contributed by atoms with van der Waals surface area (Å²) < 4.78 is 22.4. The minimum atomic E-state index is -0.599. The zero-order valence-electron chi connectivity index (χ0n) is 21.5. The number of carbonyl (C=O) groups is 2. The van der Waals surface area contributed by atoms with Crippen LogP contribution in [0, 0.1) is 5.82 Å². The summed E-state index contributed by atoms with van der Waals surface area (Å²) in [5.41, 5.74) is 1.96. The molecule has 0 bridgehead atoms. The molecule has 3 aliphatic rings. The van der Waals surface area contributed by atoms with E-state index < -0.39 is 11.7 Å². The van der Waals surface area contributed by atoms with E-state index in [4.69, 9.17) is 4.74 Å². The van der Waals surface area contributed by atoms with Crippen molar-refractivity contribution in [2.45, 2.75) is 45.2 Å². The fourth-order valence-corrected chi connectivity index (χ4v) is 5.49. The van der Waals surface area contributed by atoms with Gasteiger partial charge in [0.1, 0.15) is 23.2 Å². The van der Waals surface area contributed by atoms with Gasteiger partial charge in [-0.1, -0.05) is 6.07 Å². The van der Waals surface area contributed by atoms with Crippen molar-refractivity contribution in [1.29, 1.82) is 0 Å². The average Bonchev–Trinajstić information content (AvgIpc) is 3.49. The maximum atomic E-state index is 15.0. The molecule has 0 spiro atoms. The largest absolute Gasteiger partial charge is 0.378 e. The van der Waals surface area contributed by atoms with Crippen molar-refractivity contribution in [3.8, 4) is 11.5 Å². The number of anilines is 1. The first kappa shape index (κ1) is 24.5. The van der Waals surface area contributed by atoms with Gasteiger partial charge in [0.2, 0.25) is 0 Å². The molecule has 1 fully saturated rings. The number of halogens is 1. The monoisotopic (exact) mass is 519 g/mol. The van der Waals surface area contributed by atoms with Crippen molar-refractivity contribution in [1.82, 2.24) is 29.5 Å². The van der Waals surface area contributed by atoms with E-state index in [9.17, 15) is 9.59 Å². The minimum Gasteiger partial charge on any atom is -0.378 e. The zero-order valence-corrected chi connectivity index (χ0v) is 21.5. The third-order valence-corrected chi connectivity index (χ3v) is 7.61. The molecule has 198 valence electrons. The highest BCUT2D eigenvalue weighted by Gasteiger charge is 2.34. The van der Waals surface area contributed by atoms with Gasteiger partial charge in [0, 0.05) is 38.1 Å². The lowest BCUT2D eigenvalue weighted by molar-refractivity contribution is 0.0421. The third-order valence-electron chi connectivity index (χ3n) is 7.61. The van der Waals surface area contributed by atoms with Crippen LogP contribution in [0.3, 0.4) is 0 Å². The number of nitrogens with zero attached hydrogens (tertiary/aromatic N) is 6. The molecule has 1 saturated heterocycles. The molecule has 3 aliphatic heterocycles. The Kier molecular flexibility index (Phi) is 6.10. The summed E-state index contributed by atoms with van der Waals surface area (Å²) in [5.74, 6) is 0.657. The van der Waals surface area contributed by atoms with Crippen LogP contribution in [-0.2, 0) is 29.7 Å². The molecule has 0 atom stereocenters. The predicted molar refractivity (Wildman–Crippen MR) is 137 cm³/mol. The Morgan fingerprint density at radius 2 is 1.84 bits per heavy atom. The molecule has 0 saturated carbocycles. The lowest BCUT2D eigenvalue weighted by Gasteiger charge is -2.35. The standard InChI is InChI=1S/C27H30FN7O3/c1-27(2)8-6-23-31-32-24(35(23)27)21-4-3-5-22(29-21)30-25(36)19-14-18-16-34(9-7-17(18)15-20(19)28)26(37)33-10-12-38-13-11-33/h3-5,14-15H,6-13,16H2,1-2H3,(H,29,30,36). The number of rotatable bonds is 3. The van der Waals surface area contributed by atoms with Crippen molar-refractivity contribution in [2.75, 3.05) is 38.2 Å². The predicted octanol–water partition coefficient (Wildman–Crippen LogP) is 3.22. The average molecular weight is 520 g/mol. The summed E-state index contributed by atoms with van der Waals surface area (Å²) in [4.78, 5) is 34.2. The number of fused-ring (bicyclic) bond motifs is 2. The van der Waals surface area contributed by atoms with E-state index in [2.05, 4.69) is 38.9 Å². The van der Waals surface area contributed by atoms with Crippen molar-refractivity contribution in [2.24, 2.45) is 0 Å². The molecule has 1 aromatic carbocycles. The molecular weight excluding hydrogens is 489 g/mol.